The zero-order chi connectivity index (χ0) is 22.3. The highest BCUT2D eigenvalue weighted by atomic mass is 15.3. The molecule has 1 aliphatic heterocycles. The van der Waals surface area contributed by atoms with Crippen LogP contribution in [0.15, 0.2) is 91.6 Å². The second-order valence-corrected chi connectivity index (χ2v) is 8.60. The summed E-state index contributed by atoms with van der Waals surface area (Å²) in [5.41, 5.74) is 3.61. The van der Waals surface area contributed by atoms with E-state index >= 15 is 0 Å². The monoisotopic (exact) mass is 438 g/mol. The predicted molar refractivity (Wildman–Crippen MR) is 132 cm³/mol. The molecule has 0 radical (unpaired) electrons. The van der Waals surface area contributed by atoms with Gasteiger partial charge in [-0.1, -0.05) is 60.7 Å². The Morgan fingerprint density at radius 1 is 0.758 bits per heavy atom. The third-order valence-corrected chi connectivity index (χ3v) is 6.40. The third kappa shape index (κ3) is 5.46. The lowest BCUT2D eigenvalue weighted by molar-refractivity contribution is 0.235. The number of hydrogen-bond acceptors (Lipinski definition) is 5. The van der Waals surface area contributed by atoms with Crippen molar-refractivity contribution in [3.8, 4) is 11.3 Å². The number of hydrogen-bond donors (Lipinski definition) is 0. The fraction of sp³-hybridized carbons (Fsp3) is 0.296. The van der Waals surface area contributed by atoms with Gasteiger partial charge in [0, 0.05) is 63.4 Å². The van der Waals surface area contributed by atoms with Crippen molar-refractivity contribution in [1.82, 2.24) is 24.4 Å². The minimum atomic E-state index is 0.480. The van der Waals surface area contributed by atoms with Crippen LogP contribution in [0.3, 0.4) is 0 Å². The quantitative estimate of drug-likeness (QED) is 0.410. The summed E-state index contributed by atoms with van der Waals surface area (Å²) in [6, 6.07) is 23.2. The van der Waals surface area contributed by atoms with Crippen LogP contribution in [0, 0.1) is 0 Å². The van der Waals surface area contributed by atoms with Crippen LogP contribution in [0.1, 0.15) is 17.9 Å². The second kappa shape index (κ2) is 10.4. The van der Waals surface area contributed by atoms with Gasteiger partial charge in [-0.3, -0.25) is 4.90 Å². The van der Waals surface area contributed by atoms with E-state index in [1.807, 2.05) is 30.9 Å². The molecule has 0 bridgehead atoms. The van der Waals surface area contributed by atoms with Gasteiger partial charge in [-0.05, 0) is 24.0 Å². The Hall–Kier alpha value is -3.51. The summed E-state index contributed by atoms with van der Waals surface area (Å²) in [4.78, 5) is 18.3. The number of anilines is 1. The van der Waals surface area contributed by atoms with Crippen molar-refractivity contribution < 1.29 is 0 Å². The van der Waals surface area contributed by atoms with Gasteiger partial charge in [0.1, 0.15) is 0 Å². The molecule has 1 saturated heterocycles. The van der Waals surface area contributed by atoms with E-state index in [1.165, 1.54) is 5.56 Å². The van der Waals surface area contributed by atoms with Crippen molar-refractivity contribution >= 4 is 5.95 Å². The summed E-state index contributed by atoms with van der Waals surface area (Å²) in [6.07, 6.45) is 8.84. The van der Waals surface area contributed by atoms with Gasteiger partial charge in [0.2, 0.25) is 5.95 Å². The topological polar surface area (TPSA) is 50.1 Å². The Kier molecular flexibility index (Phi) is 6.73. The smallest absolute Gasteiger partial charge is 0.225 e. The van der Waals surface area contributed by atoms with E-state index in [0.717, 1.165) is 62.9 Å². The minimum absolute atomic E-state index is 0.480. The third-order valence-electron chi connectivity index (χ3n) is 6.40. The largest absolute Gasteiger partial charge is 0.338 e. The lowest BCUT2D eigenvalue weighted by Crippen LogP contribution is -2.48. The Balaban J connectivity index is 1.22. The molecule has 0 amide bonds. The Bertz CT molecular complexity index is 1110. The summed E-state index contributed by atoms with van der Waals surface area (Å²) in [6.45, 7) is 6.02. The van der Waals surface area contributed by atoms with Crippen molar-refractivity contribution in [3.63, 3.8) is 0 Å². The SMILES string of the molecule is c1ccc(-c2cn(CCC(CN3CCN(c4ncccn4)CC3)c3ccccc3)cn2)cc1. The average Bonchev–Trinajstić information content (AvgIpc) is 3.38. The first kappa shape index (κ1) is 21.3. The molecular weight excluding hydrogens is 408 g/mol. The fourth-order valence-electron chi connectivity index (χ4n) is 4.53. The van der Waals surface area contributed by atoms with Crippen LogP contribution < -0.4 is 4.90 Å². The van der Waals surface area contributed by atoms with Crippen molar-refractivity contribution in [1.29, 1.82) is 0 Å². The molecule has 1 fully saturated rings. The van der Waals surface area contributed by atoms with Gasteiger partial charge in [0.15, 0.2) is 0 Å². The summed E-state index contributed by atoms with van der Waals surface area (Å²) in [5, 5.41) is 0. The normalized spacial score (nSPS) is 15.5. The summed E-state index contributed by atoms with van der Waals surface area (Å²) < 4.78 is 2.23. The minimum Gasteiger partial charge on any atom is -0.338 e. The lowest BCUT2D eigenvalue weighted by Gasteiger charge is -2.36. The molecule has 1 aliphatic rings. The second-order valence-electron chi connectivity index (χ2n) is 8.60. The number of imidazole rings is 1. The number of aryl methyl sites for hydroxylation is 1. The van der Waals surface area contributed by atoms with Gasteiger partial charge >= 0.3 is 0 Å². The maximum Gasteiger partial charge on any atom is 0.225 e. The van der Waals surface area contributed by atoms with Crippen LogP contribution in [-0.2, 0) is 6.54 Å². The van der Waals surface area contributed by atoms with Crippen LogP contribution in [0.2, 0.25) is 0 Å². The zero-order valence-electron chi connectivity index (χ0n) is 18.9. The molecule has 6 nitrogen and oxygen atoms in total. The van der Waals surface area contributed by atoms with Crippen LogP contribution >= 0.6 is 0 Å². The van der Waals surface area contributed by atoms with Gasteiger partial charge in [-0.25, -0.2) is 15.0 Å². The van der Waals surface area contributed by atoms with Crippen LogP contribution in [0.25, 0.3) is 11.3 Å². The van der Waals surface area contributed by atoms with E-state index in [2.05, 4.69) is 90.1 Å². The standard InChI is InChI=1S/C27H30N6/c1-3-8-23(9-4-1)25(12-15-32-21-26(30-22-32)24-10-5-2-6-11-24)20-31-16-18-33(19-17-31)27-28-13-7-14-29-27/h1-11,13-14,21-22,25H,12,15-20H2. The van der Waals surface area contributed by atoms with Crippen molar-refractivity contribution in [3.05, 3.63) is 97.2 Å². The van der Waals surface area contributed by atoms with E-state index in [4.69, 9.17) is 0 Å². The molecule has 2 aromatic carbocycles. The number of nitrogens with zero attached hydrogens (tertiary/aromatic N) is 6. The molecular formula is C27H30N6. The molecule has 6 heteroatoms. The first-order valence-corrected chi connectivity index (χ1v) is 11.7. The molecule has 33 heavy (non-hydrogen) atoms. The van der Waals surface area contributed by atoms with Crippen molar-refractivity contribution in [2.24, 2.45) is 0 Å². The highest BCUT2D eigenvalue weighted by Gasteiger charge is 2.22. The van der Waals surface area contributed by atoms with Gasteiger partial charge in [-0.2, -0.15) is 0 Å². The fourth-order valence-corrected chi connectivity index (χ4v) is 4.53. The summed E-state index contributed by atoms with van der Waals surface area (Å²) >= 11 is 0. The zero-order valence-corrected chi connectivity index (χ0v) is 18.9. The van der Waals surface area contributed by atoms with Gasteiger partial charge in [0.05, 0.1) is 12.0 Å². The number of aromatic nitrogens is 4. The van der Waals surface area contributed by atoms with E-state index in [-0.39, 0.29) is 0 Å². The number of benzene rings is 2. The summed E-state index contributed by atoms with van der Waals surface area (Å²) in [5.74, 6) is 1.32. The molecule has 168 valence electrons. The van der Waals surface area contributed by atoms with Gasteiger partial charge in [0.25, 0.3) is 0 Å². The molecule has 2 aromatic heterocycles. The Morgan fingerprint density at radius 3 is 2.18 bits per heavy atom. The number of piperazine rings is 1. The molecule has 0 N–H and O–H groups in total. The molecule has 0 saturated carbocycles. The predicted octanol–water partition coefficient (Wildman–Crippen LogP) is 4.34. The molecule has 1 unspecified atom stereocenters. The Labute approximate surface area is 195 Å². The lowest BCUT2D eigenvalue weighted by atomic mass is 9.94. The van der Waals surface area contributed by atoms with Gasteiger partial charge < -0.3 is 9.47 Å². The molecule has 3 heterocycles. The van der Waals surface area contributed by atoms with E-state index in [1.54, 1.807) is 0 Å². The highest BCUT2D eigenvalue weighted by Crippen LogP contribution is 2.24. The Morgan fingerprint density at radius 2 is 1.45 bits per heavy atom. The van der Waals surface area contributed by atoms with Crippen LogP contribution in [-0.4, -0.2) is 57.1 Å². The van der Waals surface area contributed by atoms with Crippen LogP contribution in [0.4, 0.5) is 5.95 Å². The van der Waals surface area contributed by atoms with E-state index in [0.29, 0.717) is 5.92 Å². The molecule has 1 atom stereocenters. The van der Waals surface area contributed by atoms with E-state index in [9.17, 15) is 0 Å². The van der Waals surface area contributed by atoms with Crippen molar-refractivity contribution in [2.75, 3.05) is 37.6 Å². The first-order chi connectivity index (χ1) is 16.3. The summed E-state index contributed by atoms with van der Waals surface area (Å²) in [7, 11) is 0. The van der Waals surface area contributed by atoms with Crippen molar-refractivity contribution in [2.45, 2.75) is 18.9 Å². The highest BCUT2D eigenvalue weighted by molar-refractivity contribution is 5.57. The molecule has 0 aliphatic carbocycles. The number of rotatable bonds is 8. The van der Waals surface area contributed by atoms with E-state index < -0.39 is 0 Å². The average molecular weight is 439 g/mol. The molecule has 0 spiro atoms. The molecule has 5 rings (SSSR count). The maximum absolute atomic E-state index is 4.63. The first-order valence-electron chi connectivity index (χ1n) is 11.7. The maximum atomic E-state index is 4.63. The molecule has 4 aromatic rings. The van der Waals surface area contributed by atoms with Gasteiger partial charge in [-0.15, -0.1) is 0 Å². The van der Waals surface area contributed by atoms with Crippen LogP contribution in [0.5, 0.6) is 0 Å².